The van der Waals surface area contributed by atoms with Gasteiger partial charge in [0, 0.05) is 31.6 Å². The van der Waals surface area contributed by atoms with Gasteiger partial charge in [0.05, 0.1) is 0 Å². The number of carbonyl (C=O) groups is 2. The summed E-state index contributed by atoms with van der Waals surface area (Å²) < 4.78 is 11.1. The molecule has 2 aliphatic heterocycles. The third-order valence-electron chi connectivity index (χ3n) is 5.71. The summed E-state index contributed by atoms with van der Waals surface area (Å²) in [6.07, 6.45) is 5.58. The smallest absolute Gasteiger partial charge is 0.246 e. The standard InChI is InChI=1S/C25H28N2O4/c28-24(9-7-19-4-2-1-3-5-19)27-14-11-21(12-15-27)25(29)26-13-10-20-6-8-22-23(18-20)31-17-16-30-22/h1-9,18,21H,10-17H2,(H,26,29)/b9-7+. The van der Waals surface area contributed by atoms with E-state index in [1.165, 1.54) is 0 Å². The highest BCUT2D eigenvalue weighted by molar-refractivity contribution is 5.92. The van der Waals surface area contributed by atoms with Crippen LogP contribution in [0, 0.1) is 5.92 Å². The van der Waals surface area contributed by atoms with Crippen LogP contribution >= 0.6 is 0 Å². The van der Waals surface area contributed by atoms with Gasteiger partial charge in [0.15, 0.2) is 11.5 Å². The molecule has 4 rings (SSSR count). The second-order valence-corrected chi connectivity index (χ2v) is 7.86. The summed E-state index contributed by atoms with van der Waals surface area (Å²) in [4.78, 5) is 26.8. The van der Waals surface area contributed by atoms with Gasteiger partial charge in [0.25, 0.3) is 0 Å². The molecule has 2 aromatic carbocycles. The van der Waals surface area contributed by atoms with Gasteiger partial charge in [-0.25, -0.2) is 0 Å². The van der Waals surface area contributed by atoms with Crippen LogP contribution in [0.1, 0.15) is 24.0 Å². The SMILES string of the molecule is O=C(NCCc1ccc2c(c1)OCCO2)C1CCN(C(=O)/C=C/c2ccccc2)CC1. The van der Waals surface area contributed by atoms with E-state index in [2.05, 4.69) is 5.32 Å². The highest BCUT2D eigenvalue weighted by Crippen LogP contribution is 2.30. The summed E-state index contributed by atoms with van der Waals surface area (Å²) in [6.45, 7) is 2.94. The van der Waals surface area contributed by atoms with Crippen molar-refractivity contribution in [1.82, 2.24) is 10.2 Å². The number of fused-ring (bicyclic) bond motifs is 1. The van der Waals surface area contributed by atoms with Crippen LogP contribution in [0.4, 0.5) is 0 Å². The number of piperidine rings is 1. The summed E-state index contributed by atoms with van der Waals surface area (Å²) in [5.74, 6) is 1.58. The number of amides is 2. The molecule has 0 aromatic heterocycles. The van der Waals surface area contributed by atoms with E-state index < -0.39 is 0 Å². The zero-order valence-electron chi connectivity index (χ0n) is 17.6. The minimum Gasteiger partial charge on any atom is -0.486 e. The predicted octanol–water partition coefficient (Wildman–Crippen LogP) is 3.07. The summed E-state index contributed by atoms with van der Waals surface area (Å²) in [5, 5.41) is 3.04. The van der Waals surface area contributed by atoms with Crippen LogP contribution in [0.5, 0.6) is 11.5 Å². The van der Waals surface area contributed by atoms with Crippen LogP contribution in [0.2, 0.25) is 0 Å². The number of nitrogens with zero attached hydrogens (tertiary/aromatic N) is 1. The molecule has 0 unspecified atom stereocenters. The molecule has 6 heteroatoms. The lowest BCUT2D eigenvalue weighted by molar-refractivity contribution is -0.132. The Labute approximate surface area is 182 Å². The molecule has 0 aliphatic carbocycles. The topological polar surface area (TPSA) is 67.9 Å². The van der Waals surface area contributed by atoms with Crippen LogP contribution in [-0.2, 0) is 16.0 Å². The molecule has 0 spiro atoms. The Morgan fingerprint density at radius 1 is 1.00 bits per heavy atom. The van der Waals surface area contributed by atoms with Gasteiger partial charge in [-0.05, 0) is 48.6 Å². The molecule has 2 heterocycles. The molecule has 0 bridgehead atoms. The molecular weight excluding hydrogens is 392 g/mol. The number of hydrogen-bond acceptors (Lipinski definition) is 4. The number of carbonyl (C=O) groups excluding carboxylic acids is 2. The van der Waals surface area contributed by atoms with Crippen molar-refractivity contribution in [2.24, 2.45) is 5.92 Å². The fourth-order valence-electron chi connectivity index (χ4n) is 3.92. The van der Waals surface area contributed by atoms with Crippen LogP contribution in [0.25, 0.3) is 6.08 Å². The van der Waals surface area contributed by atoms with Crippen molar-refractivity contribution in [2.45, 2.75) is 19.3 Å². The number of rotatable bonds is 6. The number of nitrogens with one attached hydrogen (secondary N) is 1. The zero-order chi connectivity index (χ0) is 21.5. The first-order valence-corrected chi connectivity index (χ1v) is 10.9. The Morgan fingerprint density at radius 2 is 1.74 bits per heavy atom. The van der Waals surface area contributed by atoms with Gasteiger partial charge in [-0.2, -0.15) is 0 Å². The molecule has 0 atom stereocenters. The van der Waals surface area contributed by atoms with Gasteiger partial charge in [-0.15, -0.1) is 0 Å². The van der Waals surface area contributed by atoms with Crippen molar-refractivity contribution >= 4 is 17.9 Å². The number of ether oxygens (including phenoxy) is 2. The Bertz CT molecular complexity index is 934. The largest absolute Gasteiger partial charge is 0.486 e. The van der Waals surface area contributed by atoms with E-state index in [0.29, 0.717) is 45.7 Å². The first-order valence-electron chi connectivity index (χ1n) is 10.9. The molecule has 1 fully saturated rings. The average Bonchev–Trinajstić information content (AvgIpc) is 2.83. The van der Waals surface area contributed by atoms with Crippen LogP contribution in [0.15, 0.2) is 54.6 Å². The molecule has 1 saturated heterocycles. The lowest BCUT2D eigenvalue weighted by Gasteiger charge is -2.30. The molecule has 162 valence electrons. The number of hydrogen-bond donors (Lipinski definition) is 1. The number of benzene rings is 2. The summed E-state index contributed by atoms with van der Waals surface area (Å²) in [7, 11) is 0. The van der Waals surface area contributed by atoms with Gasteiger partial charge >= 0.3 is 0 Å². The fourth-order valence-corrected chi connectivity index (χ4v) is 3.92. The van der Waals surface area contributed by atoms with Crippen LogP contribution < -0.4 is 14.8 Å². The molecule has 0 saturated carbocycles. The highest BCUT2D eigenvalue weighted by Gasteiger charge is 2.26. The van der Waals surface area contributed by atoms with E-state index in [9.17, 15) is 9.59 Å². The van der Waals surface area contributed by atoms with E-state index >= 15 is 0 Å². The van der Waals surface area contributed by atoms with E-state index in [1.807, 2.05) is 59.5 Å². The Hall–Kier alpha value is -3.28. The highest BCUT2D eigenvalue weighted by atomic mass is 16.6. The fraction of sp³-hybridized carbons (Fsp3) is 0.360. The maximum absolute atomic E-state index is 12.5. The first-order chi connectivity index (χ1) is 15.2. The van der Waals surface area contributed by atoms with E-state index in [1.54, 1.807) is 6.08 Å². The second kappa shape index (κ2) is 10.2. The monoisotopic (exact) mass is 420 g/mol. The van der Waals surface area contributed by atoms with Crippen molar-refractivity contribution in [3.05, 3.63) is 65.7 Å². The maximum atomic E-state index is 12.5. The van der Waals surface area contributed by atoms with E-state index in [0.717, 1.165) is 29.0 Å². The summed E-state index contributed by atoms with van der Waals surface area (Å²) >= 11 is 0. The van der Waals surface area contributed by atoms with Crippen molar-refractivity contribution in [2.75, 3.05) is 32.8 Å². The van der Waals surface area contributed by atoms with E-state index in [4.69, 9.17) is 9.47 Å². The molecular formula is C25H28N2O4. The van der Waals surface area contributed by atoms with Gasteiger partial charge in [0.2, 0.25) is 11.8 Å². The Balaban J connectivity index is 1.19. The molecule has 0 radical (unpaired) electrons. The molecule has 2 amide bonds. The van der Waals surface area contributed by atoms with Crippen molar-refractivity contribution in [3.8, 4) is 11.5 Å². The van der Waals surface area contributed by atoms with Crippen molar-refractivity contribution in [1.29, 1.82) is 0 Å². The molecule has 2 aromatic rings. The van der Waals surface area contributed by atoms with Crippen LogP contribution in [0.3, 0.4) is 0 Å². The predicted molar refractivity (Wildman–Crippen MR) is 119 cm³/mol. The van der Waals surface area contributed by atoms with Gasteiger partial charge < -0.3 is 19.7 Å². The Kier molecular flexibility index (Phi) is 6.87. The normalized spacial score (nSPS) is 16.3. The molecule has 31 heavy (non-hydrogen) atoms. The quantitative estimate of drug-likeness (QED) is 0.730. The lowest BCUT2D eigenvalue weighted by Crippen LogP contribution is -2.42. The molecule has 6 nitrogen and oxygen atoms in total. The van der Waals surface area contributed by atoms with Gasteiger partial charge in [-0.3, -0.25) is 9.59 Å². The van der Waals surface area contributed by atoms with Crippen LogP contribution in [-0.4, -0.2) is 49.6 Å². The maximum Gasteiger partial charge on any atom is 0.246 e. The van der Waals surface area contributed by atoms with Gasteiger partial charge in [-0.1, -0.05) is 36.4 Å². The number of likely N-dealkylation sites (tertiary alicyclic amines) is 1. The molecule has 2 aliphatic rings. The Morgan fingerprint density at radius 3 is 2.52 bits per heavy atom. The first kappa shape index (κ1) is 21.0. The summed E-state index contributed by atoms with van der Waals surface area (Å²) in [6, 6.07) is 15.7. The average molecular weight is 421 g/mol. The lowest BCUT2D eigenvalue weighted by atomic mass is 9.95. The van der Waals surface area contributed by atoms with Gasteiger partial charge in [0.1, 0.15) is 13.2 Å². The third kappa shape index (κ3) is 5.66. The minimum absolute atomic E-state index is 0.00122. The van der Waals surface area contributed by atoms with Crippen molar-refractivity contribution in [3.63, 3.8) is 0 Å². The molecule has 1 N–H and O–H groups in total. The minimum atomic E-state index is -0.0394. The third-order valence-corrected chi connectivity index (χ3v) is 5.71. The van der Waals surface area contributed by atoms with E-state index in [-0.39, 0.29) is 17.7 Å². The zero-order valence-corrected chi connectivity index (χ0v) is 17.6. The second-order valence-electron chi connectivity index (χ2n) is 7.86. The summed E-state index contributed by atoms with van der Waals surface area (Å²) in [5.41, 5.74) is 2.11. The van der Waals surface area contributed by atoms with Crippen molar-refractivity contribution < 1.29 is 19.1 Å².